The first-order valence-corrected chi connectivity index (χ1v) is 7.34. The van der Waals surface area contributed by atoms with E-state index in [4.69, 9.17) is 16.7 Å². The minimum Gasteiger partial charge on any atom is -0.392 e. The molecule has 0 aliphatic heterocycles. The average molecular weight is 348 g/mol. The molecule has 0 aromatic carbocycles. The maximum Gasteiger partial charge on any atom is 0.147 e. The molecule has 0 unspecified atom stereocenters. The van der Waals surface area contributed by atoms with Crippen molar-refractivity contribution in [2.45, 2.75) is 13.2 Å². The van der Waals surface area contributed by atoms with Gasteiger partial charge in [0.05, 0.1) is 18.2 Å². The van der Waals surface area contributed by atoms with Crippen LogP contribution in [0.1, 0.15) is 10.4 Å². The molecule has 0 spiro atoms. The summed E-state index contributed by atoms with van der Waals surface area (Å²) in [5.41, 5.74) is 0.719. The summed E-state index contributed by atoms with van der Waals surface area (Å²) < 4.78 is 1.09. The minimum absolute atomic E-state index is 0.0470. The minimum atomic E-state index is -0.0470. The summed E-state index contributed by atoms with van der Waals surface area (Å²) in [5.74, 6) is 0.721. The maximum absolute atomic E-state index is 9.01. The summed E-state index contributed by atoms with van der Waals surface area (Å²) in [6, 6.07) is 3.82. The predicted molar refractivity (Wildman–Crippen MR) is 79.3 cm³/mol. The molecule has 2 rings (SSSR count). The highest BCUT2D eigenvalue weighted by Crippen LogP contribution is 2.27. The SMILES string of the molecule is CN(Cc1cc(Br)cs1)c1ncc(CO)cc1Cl. The Hall–Kier alpha value is -0.620. The number of pyridine rings is 1. The second kappa shape index (κ2) is 6.02. The zero-order valence-corrected chi connectivity index (χ0v) is 12.9. The van der Waals surface area contributed by atoms with Gasteiger partial charge in [-0.2, -0.15) is 0 Å². The Kier molecular flexibility index (Phi) is 4.61. The summed E-state index contributed by atoms with van der Waals surface area (Å²) in [6.45, 7) is 0.704. The molecule has 0 fully saturated rings. The van der Waals surface area contributed by atoms with E-state index in [2.05, 4.69) is 27.0 Å². The molecular weight excluding hydrogens is 336 g/mol. The van der Waals surface area contributed by atoms with Crippen LogP contribution >= 0.6 is 38.9 Å². The van der Waals surface area contributed by atoms with E-state index in [-0.39, 0.29) is 6.61 Å². The molecule has 0 aliphatic carbocycles. The second-order valence-corrected chi connectivity index (χ2v) is 6.21. The Morgan fingerprint density at radius 2 is 2.28 bits per heavy atom. The lowest BCUT2D eigenvalue weighted by Crippen LogP contribution is -2.17. The molecule has 0 atom stereocenters. The molecule has 96 valence electrons. The van der Waals surface area contributed by atoms with Gasteiger partial charge in [0.15, 0.2) is 0 Å². The monoisotopic (exact) mass is 346 g/mol. The third kappa shape index (κ3) is 3.23. The third-order valence-corrected chi connectivity index (χ3v) is 4.40. The smallest absolute Gasteiger partial charge is 0.147 e. The Bertz CT molecular complexity index is 547. The van der Waals surface area contributed by atoms with Crippen molar-refractivity contribution >= 4 is 44.7 Å². The standard InChI is InChI=1S/C12H12BrClN2OS/c1-16(5-10-3-9(13)7-18-10)12-11(14)2-8(6-17)4-15-12/h2-4,7,17H,5-6H2,1H3. The van der Waals surface area contributed by atoms with E-state index in [0.717, 1.165) is 22.4 Å². The highest BCUT2D eigenvalue weighted by atomic mass is 79.9. The zero-order valence-electron chi connectivity index (χ0n) is 9.73. The van der Waals surface area contributed by atoms with E-state index >= 15 is 0 Å². The Morgan fingerprint density at radius 3 is 2.83 bits per heavy atom. The summed E-state index contributed by atoms with van der Waals surface area (Å²) in [7, 11) is 1.94. The van der Waals surface area contributed by atoms with Gasteiger partial charge < -0.3 is 10.0 Å². The van der Waals surface area contributed by atoms with Crippen LogP contribution in [0, 0.1) is 0 Å². The van der Waals surface area contributed by atoms with Crippen molar-refractivity contribution in [3.8, 4) is 0 Å². The van der Waals surface area contributed by atoms with Crippen molar-refractivity contribution in [2.24, 2.45) is 0 Å². The topological polar surface area (TPSA) is 36.4 Å². The van der Waals surface area contributed by atoms with Crippen LogP contribution in [0.15, 0.2) is 28.2 Å². The van der Waals surface area contributed by atoms with E-state index < -0.39 is 0 Å². The van der Waals surface area contributed by atoms with Gasteiger partial charge in [-0.25, -0.2) is 4.98 Å². The molecule has 2 aromatic rings. The number of hydrogen-bond donors (Lipinski definition) is 1. The maximum atomic E-state index is 9.01. The number of rotatable bonds is 4. The van der Waals surface area contributed by atoms with Crippen LogP contribution in [0.25, 0.3) is 0 Å². The van der Waals surface area contributed by atoms with Crippen molar-refractivity contribution in [1.29, 1.82) is 0 Å². The number of hydrogen-bond acceptors (Lipinski definition) is 4. The highest BCUT2D eigenvalue weighted by Gasteiger charge is 2.10. The number of anilines is 1. The molecule has 0 amide bonds. The van der Waals surface area contributed by atoms with Gasteiger partial charge >= 0.3 is 0 Å². The van der Waals surface area contributed by atoms with Gasteiger partial charge in [-0.1, -0.05) is 11.6 Å². The number of aromatic nitrogens is 1. The van der Waals surface area contributed by atoms with Crippen LogP contribution in [0.4, 0.5) is 5.82 Å². The molecular formula is C12H12BrClN2OS. The lowest BCUT2D eigenvalue weighted by atomic mass is 10.3. The molecule has 0 radical (unpaired) electrons. The molecule has 18 heavy (non-hydrogen) atoms. The Morgan fingerprint density at radius 1 is 1.50 bits per heavy atom. The summed E-state index contributed by atoms with van der Waals surface area (Å²) in [4.78, 5) is 7.50. The molecule has 6 heteroatoms. The van der Waals surface area contributed by atoms with Crippen molar-refractivity contribution in [3.63, 3.8) is 0 Å². The highest BCUT2D eigenvalue weighted by molar-refractivity contribution is 9.10. The molecule has 2 aromatic heterocycles. The normalized spacial score (nSPS) is 10.7. The van der Waals surface area contributed by atoms with Crippen LogP contribution in [0.3, 0.4) is 0 Å². The van der Waals surface area contributed by atoms with Gasteiger partial charge in [0.1, 0.15) is 5.82 Å². The molecule has 1 N–H and O–H groups in total. The fourth-order valence-corrected chi connectivity index (χ4v) is 3.42. The molecule has 0 aliphatic rings. The lowest BCUT2D eigenvalue weighted by molar-refractivity contribution is 0.281. The van der Waals surface area contributed by atoms with Crippen molar-refractivity contribution < 1.29 is 5.11 Å². The number of halogens is 2. The van der Waals surface area contributed by atoms with E-state index in [0.29, 0.717) is 5.02 Å². The summed E-state index contributed by atoms with van der Waals surface area (Å²) >= 11 is 11.3. The average Bonchev–Trinajstić information content (AvgIpc) is 2.74. The number of aliphatic hydroxyl groups is 1. The number of nitrogens with zero attached hydrogens (tertiary/aromatic N) is 2. The van der Waals surface area contributed by atoms with Crippen LogP contribution < -0.4 is 4.90 Å². The van der Waals surface area contributed by atoms with Crippen LogP contribution in [-0.2, 0) is 13.2 Å². The molecule has 2 heterocycles. The fraction of sp³-hybridized carbons (Fsp3) is 0.250. The fourth-order valence-electron chi connectivity index (χ4n) is 1.58. The van der Waals surface area contributed by atoms with Crippen LogP contribution in [-0.4, -0.2) is 17.1 Å². The first-order valence-electron chi connectivity index (χ1n) is 5.29. The molecule has 3 nitrogen and oxygen atoms in total. The first-order chi connectivity index (χ1) is 8.60. The van der Waals surface area contributed by atoms with Gasteiger partial charge in [-0.15, -0.1) is 11.3 Å². The first kappa shape index (κ1) is 13.8. The van der Waals surface area contributed by atoms with Gasteiger partial charge in [0, 0.05) is 28.0 Å². The molecule has 0 bridgehead atoms. The lowest BCUT2D eigenvalue weighted by Gasteiger charge is -2.18. The Labute approximate surface area is 123 Å². The quantitative estimate of drug-likeness (QED) is 0.916. The summed E-state index contributed by atoms with van der Waals surface area (Å²) in [5, 5.41) is 11.6. The van der Waals surface area contributed by atoms with Gasteiger partial charge in [0.2, 0.25) is 0 Å². The van der Waals surface area contributed by atoms with Crippen LogP contribution in [0.2, 0.25) is 5.02 Å². The molecule has 0 saturated carbocycles. The number of thiophene rings is 1. The third-order valence-electron chi connectivity index (χ3n) is 2.44. The van der Waals surface area contributed by atoms with Gasteiger partial charge in [0.25, 0.3) is 0 Å². The predicted octanol–water partition coefficient (Wildman–Crippen LogP) is 3.69. The zero-order chi connectivity index (χ0) is 13.1. The molecule has 0 saturated heterocycles. The number of aliphatic hydroxyl groups excluding tert-OH is 1. The van der Waals surface area contributed by atoms with Gasteiger partial charge in [-0.3, -0.25) is 0 Å². The second-order valence-electron chi connectivity index (χ2n) is 3.89. The van der Waals surface area contributed by atoms with E-state index in [1.54, 1.807) is 23.6 Å². The van der Waals surface area contributed by atoms with E-state index in [9.17, 15) is 0 Å². The van der Waals surface area contributed by atoms with Crippen molar-refractivity contribution in [2.75, 3.05) is 11.9 Å². The van der Waals surface area contributed by atoms with E-state index in [1.165, 1.54) is 4.88 Å². The Balaban J connectivity index is 2.15. The van der Waals surface area contributed by atoms with Crippen molar-refractivity contribution in [1.82, 2.24) is 4.98 Å². The largest absolute Gasteiger partial charge is 0.392 e. The van der Waals surface area contributed by atoms with Crippen molar-refractivity contribution in [3.05, 3.63) is 43.6 Å². The summed E-state index contributed by atoms with van der Waals surface area (Å²) in [6.07, 6.45) is 1.64. The van der Waals surface area contributed by atoms with Gasteiger partial charge in [-0.05, 0) is 33.6 Å². The van der Waals surface area contributed by atoms with Crippen LogP contribution in [0.5, 0.6) is 0 Å². The van der Waals surface area contributed by atoms with E-state index in [1.807, 2.05) is 17.3 Å².